The van der Waals surface area contributed by atoms with E-state index in [1.807, 2.05) is 12.2 Å². The molecule has 0 fully saturated rings. The third kappa shape index (κ3) is 1.57. The second-order valence-corrected chi connectivity index (χ2v) is 4.15. The Bertz CT molecular complexity index is 574. The molecule has 0 bridgehead atoms. The summed E-state index contributed by atoms with van der Waals surface area (Å²) in [5.41, 5.74) is 4.90. The largest absolute Gasteiger partial charge is 0.0984 e. The molecule has 0 N–H and O–H groups in total. The lowest BCUT2D eigenvalue weighted by atomic mass is 9.94. The molecular formula is C16H16. The van der Waals surface area contributed by atoms with E-state index < -0.39 is 0 Å². The minimum absolute atomic E-state index is 1.19. The highest BCUT2D eigenvalue weighted by Crippen LogP contribution is 2.28. The molecule has 0 saturated carbocycles. The zero-order valence-electron chi connectivity index (χ0n) is 9.88. The van der Waals surface area contributed by atoms with Gasteiger partial charge in [-0.25, -0.2) is 0 Å². The van der Waals surface area contributed by atoms with E-state index in [1.54, 1.807) is 0 Å². The van der Waals surface area contributed by atoms with Crippen LogP contribution in [0.5, 0.6) is 0 Å². The Morgan fingerprint density at radius 2 is 1.62 bits per heavy atom. The number of benzene rings is 2. The lowest BCUT2D eigenvalue weighted by Crippen LogP contribution is -1.89. The lowest BCUT2D eigenvalue weighted by Gasteiger charge is -2.11. The van der Waals surface area contributed by atoms with Crippen molar-refractivity contribution in [1.29, 1.82) is 0 Å². The summed E-state index contributed by atoms with van der Waals surface area (Å²) in [7, 11) is 0. The predicted octanol–water partition coefficient (Wildman–Crippen LogP) is 4.74. The minimum atomic E-state index is 1.19. The van der Waals surface area contributed by atoms with Crippen LogP contribution in [-0.2, 0) is 0 Å². The molecule has 16 heavy (non-hydrogen) atoms. The van der Waals surface area contributed by atoms with Gasteiger partial charge < -0.3 is 0 Å². The van der Waals surface area contributed by atoms with Gasteiger partial charge in [0.05, 0.1) is 0 Å². The number of rotatable bonds is 2. The van der Waals surface area contributed by atoms with Gasteiger partial charge in [-0.2, -0.15) is 0 Å². The van der Waals surface area contributed by atoms with Gasteiger partial charge in [-0.1, -0.05) is 55.1 Å². The maximum atomic E-state index is 3.91. The predicted molar refractivity (Wildman–Crippen MR) is 73.6 cm³/mol. The summed E-state index contributed by atoms with van der Waals surface area (Å²) in [4.78, 5) is 0. The van der Waals surface area contributed by atoms with Gasteiger partial charge in [0.2, 0.25) is 0 Å². The van der Waals surface area contributed by atoms with E-state index in [-0.39, 0.29) is 0 Å². The summed E-state index contributed by atoms with van der Waals surface area (Å²) < 4.78 is 0. The summed E-state index contributed by atoms with van der Waals surface area (Å²) in [6.45, 7) is 12.0. The summed E-state index contributed by atoms with van der Waals surface area (Å²) in [6.07, 6.45) is 3.83. The van der Waals surface area contributed by atoms with Gasteiger partial charge >= 0.3 is 0 Å². The fraction of sp³-hybridized carbons (Fsp3) is 0.125. The van der Waals surface area contributed by atoms with Crippen molar-refractivity contribution in [2.45, 2.75) is 13.8 Å². The molecule has 0 atom stereocenters. The lowest BCUT2D eigenvalue weighted by molar-refractivity contribution is 1.44. The van der Waals surface area contributed by atoms with E-state index in [0.717, 1.165) is 0 Å². The first-order chi connectivity index (χ1) is 7.67. The summed E-state index contributed by atoms with van der Waals surface area (Å²) >= 11 is 0. The summed E-state index contributed by atoms with van der Waals surface area (Å²) in [6, 6.07) is 8.72. The maximum Gasteiger partial charge on any atom is -0.0103 e. The highest BCUT2D eigenvalue weighted by molar-refractivity contribution is 5.95. The van der Waals surface area contributed by atoms with E-state index in [0.29, 0.717) is 0 Å². The van der Waals surface area contributed by atoms with Crippen molar-refractivity contribution >= 4 is 22.9 Å². The van der Waals surface area contributed by atoms with Crippen molar-refractivity contribution in [2.24, 2.45) is 0 Å². The Labute approximate surface area is 96.9 Å². The second-order valence-electron chi connectivity index (χ2n) is 4.15. The Kier molecular flexibility index (Phi) is 2.66. The monoisotopic (exact) mass is 208 g/mol. The zero-order chi connectivity index (χ0) is 11.7. The molecule has 0 saturated heterocycles. The normalized spacial score (nSPS) is 10.4. The van der Waals surface area contributed by atoms with Gasteiger partial charge in [-0.3, -0.25) is 0 Å². The first kappa shape index (κ1) is 10.7. The molecule has 0 aliphatic rings. The van der Waals surface area contributed by atoms with Crippen LogP contribution in [0, 0.1) is 13.8 Å². The van der Waals surface area contributed by atoms with Crippen LogP contribution in [0.25, 0.3) is 22.9 Å². The van der Waals surface area contributed by atoms with Gasteiger partial charge in [0.1, 0.15) is 0 Å². The van der Waals surface area contributed by atoms with Crippen LogP contribution in [0.1, 0.15) is 22.3 Å². The van der Waals surface area contributed by atoms with Crippen LogP contribution in [0.15, 0.2) is 37.4 Å². The maximum absolute atomic E-state index is 3.91. The molecule has 0 unspecified atom stereocenters. The smallest absolute Gasteiger partial charge is 0.0103 e. The van der Waals surface area contributed by atoms with E-state index >= 15 is 0 Å². The summed E-state index contributed by atoms with van der Waals surface area (Å²) in [5.74, 6) is 0. The molecule has 0 spiro atoms. The third-order valence-electron chi connectivity index (χ3n) is 2.99. The molecular weight excluding hydrogens is 192 g/mol. The molecule has 0 heteroatoms. The Balaban J connectivity index is 2.97. The van der Waals surface area contributed by atoms with Crippen LogP contribution >= 0.6 is 0 Å². The van der Waals surface area contributed by atoms with Crippen LogP contribution in [0.3, 0.4) is 0 Å². The third-order valence-corrected chi connectivity index (χ3v) is 2.99. The van der Waals surface area contributed by atoms with E-state index in [2.05, 4.69) is 51.3 Å². The van der Waals surface area contributed by atoms with Crippen LogP contribution < -0.4 is 0 Å². The first-order valence-corrected chi connectivity index (χ1v) is 5.46. The van der Waals surface area contributed by atoms with Crippen LogP contribution in [0.2, 0.25) is 0 Å². The Morgan fingerprint density at radius 1 is 0.938 bits per heavy atom. The highest BCUT2D eigenvalue weighted by atomic mass is 14.1. The average Bonchev–Trinajstić information content (AvgIpc) is 2.28. The minimum Gasteiger partial charge on any atom is -0.0984 e. The zero-order valence-corrected chi connectivity index (χ0v) is 9.88. The molecule has 2 rings (SSSR count). The molecule has 0 nitrogen and oxygen atoms in total. The standard InChI is InChI=1S/C16H16/c1-5-14-12(4)10-13-8-7-11(3)9-16(13)15(14)6-2/h5-10H,1-2H2,3-4H3. The van der Waals surface area contributed by atoms with Crippen molar-refractivity contribution in [3.8, 4) is 0 Å². The molecule has 0 heterocycles. The molecule has 0 aromatic heterocycles. The van der Waals surface area contributed by atoms with Crippen molar-refractivity contribution in [2.75, 3.05) is 0 Å². The molecule has 80 valence electrons. The fourth-order valence-corrected chi connectivity index (χ4v) is 2.19. The SMILES string of the molecule is C=Cc1c(C)cc2ccc(C)cc2c1C=C. The van der Waals surface area contributed by atoms with Gasteiger partial charge in [0.15, 0.2) is 0 Å². The second kappa shape index (κ2) is 3.97. The van der Waals surface area contributed by atoms with Crippen molar-refractivity contribution in [3.05, 3.63) is 59.7 Å². The van der Waals surface area contributed by atoms with Gasteiger partial charge in [-0.05, 0) is 41.3 Å². The van der Waals surface area contributed by atoms with Crippen molar-refractivity contribution in [3.63, 3.8) is 0 Å². The van der Waals surface area contributed by atoms with E-state index in [9.17, 15) is 0 Å². The number of hydrogen-bond acceptors (Lipinski definition) is 0. The molecule has 2 aromatic rings. The van der Waals surface area contributed by atoms with Gasteiger partial charge in [0, 0.05) is 0 Å². The van der Waals surface area contributed by atoms with Gasteiger partial charge in [-0.15, -0.1) is 0 Å². The first-order valence-electron chi connectivity index (χ1n) is 5.46. The molecule has 0 aliphatic carbocycles. The Hall–Kier alpha value is -1.82. The number of hydrogen-bond donors (Lipinski definition) is 0. The Morgan fingerprint density at radius 3 is 2.25 bits per heavy atom. The van der Waals surface area contributed by atoms with E-state index in [1.165, 1.54) is 33.0 Å². The van der Waals surface area contributed by atoms with Crippen molar-refractivity contribution in [1.82, 2.24) is 0 Å². The van der Waals surface area contributed by atoms with Gasteiger partial charge in [0.25, 0.3) is 0 Å². The molecule has 0 radical (unpaired) electrons. The topological polar surface area (TPSA) is 0 Å². The quantitative estimate of drug-likeness (QED) is 0.668. The van der Waals surface area contributed by atoms with Crippen molar-refractivity contribution < 1.29 is 0 Å². The number of fused-ring (bicyclic) bond motifs is 1. The summed E-state index contributed by atoms with van der Waals surface area (Å²) in [5, 5.41) is 2.53. The van der Waals surface area contributed by atoms with Crippen LogP contribution in [0.4, 0.5) is 0 Å². The fourth-order valence-electron chi connectivity index (χ4n) is 2.19. The molecule has 0 aliphatic heterocycles. The highest BCUT2D eigenvalue weighted by Gasteiger charge is 2.06. The van der Waals surface area contributed by atoms with E-state index in [4.69, 9.17) is 0 Å². The molecule has 2 aromatic carbocycles. The average molecular weight is 208 g/mol. The number of aryl methyl sites for hydroxylation is 2. The van der Waals surface area contributed by atoms with Crippen LogP contribution in [-0.4, -0.2) is 0 Å². The molecule has 0 amide bonds.